The number of carbonyl (C=O) groups is 1. The molecule has 1 amide bonds. The lowest BCUT2D eigenvalue weighted by Crippen LogP contribution is -2.32. The van der Waals surface area contributed by atoms with Crippen LogP contribution in [-0.4, -0.2) is 24.0 Å². The number of nitrogens with zero attached hydrogens (tertiary/aromatic N) is 1. The largest absolute Gasteiger partial charge is 0.435 e. The Bertz CT molecular complexity index is 884. The first-order chi connectivity index (χ1) is 12.9. The van der Waals surface area contributed by atoms with Crippen LogP contribution in [0.25, 0.3) is 0 Å². The van der Waals surface area contributed by atoms with Crippen molar-refractivity contribution >= 4 is 11.6 Å². The normalized spacial score (nSPS) is 14.3. The molecule has 2 N–H and O–H groups in total. The highest BCUT2D eigenvalue weighted by Crippen LogP contribution is 2.22. The fourth-order valence-electron chi connectivity index (χ4n) is 2.84. The Kier molecular flexibility index (Phi) is 5.63. The van der Waals surface area contributed by atoms with Crippen LogP contribution in [0.15, 0.2) is 47.8 Å². The number of carbonyl (C=O) groups excluding carboxylic acids is 1. The van der Waals surface area contributed by atoms with E-state index in [9.17, 15) is 18.0 Å². The summed E-state index contributed by atoms with van der Waals surface area (Å²) in [5, 5.41) is 5.98. The molecule has 0 spiro atoms. The number of halogens is 3. The molecule has 1 aromatic heterocycles. The van der Waals surface area contributed by atoms with Crippen LogP contribution < -0.4 is 15.4 Å². The maximum absolute atomic E-state index is 13.6. The summed E-state index contributed by atoms with van der Waals surface area (Å²) in [7, 11) is 0. The van der Waals surface area contributed by atoms with E-state index in [1.807, 2.05) is 0 Å². The molecule has 0 saturated heterocycles. The highest BCUT2D eigenvalue weighted by Gasteiger charge is 2.16. The minimum atomic E-state index is -3.02. The first-order valence-corrected chi connectivity index (χ1v) is 8.35. The van der Waals surface area contributed by atoms with Crippen molar-refractivity contribution in [2.75, 3.05) is 11.9 Å². The third kappa shape index (κ3) is 4.99. The number of ether oxygens (including phenoxy) is 1. The highest BCUT2D eigenvalue weighted by molar-refractivity contribution is 5.95. The van der Waals surface area contributed by atoms with Crippen molar-refractivity contribution in [1.82, 2.24) is 10.3 Å². The zero-order valence-corrected chi connectivity index (χ0v) is 14.6. The molecule has 0 unspecified atom stereocenters. The fourth-order valence-corrected chi connectivity index (χ4v) is 2.84. The summed E-state index contributed by atoms with van der Waals surface area (Å²) in [4.78, 5) is 16.0. The standard InChI is InChI=1S/C19H18F3N3O2/c1-11-17(3-5-24-18(11)26)25-14-2-4-23-15(10-14)7-12-6-13(20)9-16(8-12)27-19(21)22/h2,4,6,8-10,19H,3,5,7H2,1H3,(H,23,25)(H,24,26). The summed E-state index contributed by atoms with van der Waals surface area (Å²) in [5.41, 5.74) is 3.27. The van der Waals surface area contributed by atoms with E-state index >= 15 is 0 Å². The Balaban J connectivity index is 1.77. The zero-order chi connectivity index (χ0) is 19.4. The predicted octanol–water partition coefficient (Wildman–Crippen LogP) is 3.62. The number of pyridine rings is 1. The molecular formula is C19H18F3N3O2. The summed E-state index contributed by atoms with van der Waals surface area (Å²) < 4.78 is 42.6. The maximum atomic E-state index is 13.6. The first-order valence-electron chi connectivity index (χ1n) is 8.35. The average molecular weight is 377 g/mol. The molecule has 5 nitrogen and oxygen atoms in total. The van der Waals surface area contributed by atoms with Gasteiger partial charge in [-0.2, -0.15) is 8.78 Å². The number of nitrogens with one attached hydrogen (secondary N) is 2. The van der Waals surface area contributed by atoms with E-state index in [1.165, 1.54) is 12.1 Å². The van der Waals surface area contributed by atoms with Crippen molar-refractivity contribution in [3.05, 3.63) is 64.9 Å². The molecule has 2 aromatic rings. The van der Waals surface area contributed by atoms with Crippen molar-refractivity contribution < 1.29 is 22.7 Å². The smallest absolute Gasteiger partial charge is 0.387 e. The van der Waals surface area contributed by atoms with Gasteiger partial charge in [-0.25, -0.2) is 4.39 Å². The molecule has 2 heterocycles. The van der Waals surface area contributed by atoms with Gasteiger partial charge >= 0.3 is 6.61 Å². The second-order valence-electron chi connectivity index (χ2n) is 6.12. The number of hydrogen-bond donors (Lipinski definition) is 2. The van der Waals surface area contributed by atoms with Gasteiger partial charge in [0, 0.05) is 54.3 Å². The summed E-state index contributed by atoms with van der Waals surface area (Å²) in [5.74, 6) is -1.00. The Morgan fingerprint density at radius 2 is 2.11 bits per heavy atom. The molecule has 142 valence electrons. The fraction of sp³-hybridized carbons (Fsp3) is 0.263. The van der Waals surface area contributed by atoms with Crippen molar-refractivity contribution in [3.63, 3.8) is 0 Å². The van der Waals surface area contributed by atoms with Gasteiger partial charge in [0.2, 0.25) is 5.91 Å². The molecule has 0 atom stereocenters. The summed E-state index contributed by atoms with van der Waals surface area (Å²) in [6, 6.07) is 7.04. The Labute approximate surface area is 154 Å². The van der Waals surface area contributed by atoms with Crippen molar-refractivity contribution in [2.24, 2.45) is 0 Å². The van der Waals surface area contributed by atoms with E-state index in [4.69, 9.17) is 0 Å². The quantitative estimate of drug-likeness (QED) is 0.807. The van der Waals surface area contributed by atoms with Gasteiger partial charge in [-0.05, 0) is 36.8 Å². The maximum Gasteiger partial charge on any atom is 0.387 e. The number of anilines is 1. The third-order valence-corrected chi connectivity index (χ3v) is 4.11. The van der Waals surface area contributed by atoms with Gasteiger partial charge in [-0.1, -0.05) is 0 Å². The molecule has 3 rings (SSSR count). The van der Waals surface area contributed by atoms with Crippen LogP contribution in [0, 0.1) is 5.82 Å². The minimum absolute atomic E-state index is 0.107. The van der Waals surface area contributed by atoms with Crippen LogP contribution in [0.2, 0.25) is 0 Å². The zero-order valence-electron chi connectivity index (χ0n) is 14.6. The van der Waals surface area contributed by atoms with Crippen molar-refractivity contribution in [2.45, 2.75) is 26.4 Å². The molecule has 0 fully saturated rings. The number of amides is 1. The van der Waals surface area contributed by atoms with Gasteiger partial charge in [0.1, 0.15) is 11.6 Å². The molecule has 27 heavy (non-hydrogen) atoms. The Hall–Kier alpha value is -3.03. The van der Waals surface area contributed by atoms with Crippen LogP contribution in [0.3, 0.4) is 0 Å². The summed E-state index contributed by atoms with van der Waals surface area (Å²) in [6.45, 7) is -0.711. The Morgan fingerprint density at radius 1 is 1.30 bits per heavy atom. The number of benzene rings is 1. The van der Waals surface area contributed by atoms with Crippen molar-refractivity contribution in [3.8, 4) is 5.75 Å². The average Bonchev–Trinajstić information content (AvgIpc) is 2.58. The van der Waals surface area contributed by atoms with Gasteiger partial charge in [0.05, 0.1) is 0 Å². The molecule has 0 radical (unpaired) electrons. The van der Waals surface area contributed by atoms with Gasteiger partial charge in [-0.3, -0.25) is 9.78 Å². The SMILES string of the molecule is CC1=C(Nc2ccnc(Cc3cc(F)cc(OC(F)F)c3)c2)CCNC1=O. The van der Waals surface area contributed by atoms with E-state index in [0.29, 0.717) is 29.8 Å². The second-order valence-corrected chi connectivity index (χ2v) is 6.12. The third-order valence-electron chi connectivity index (χ3n) is 4.11. The van der Waals surface area contributed by atoms with Crippen LogP contribution in [-0.2, 0) is 11.2 Å². The topological polar surface area (TPSA) is 63.3 Å². The molecule has 0 saturated carbocycles. The van der Waals surface area contributed by atoms with Crippen LogP contribution in [0.4, 0.5) is 18.9 Å². The monoisotopic (exact) mass is 377 g/mol. The van der Waals surface area contributed by atoms with Gasteiger partial charge in [-0.15, -0.1) is 0 Å². The van der Waals surface area contributed by atoms with Crippen LogP contribution >= 0.6 is 0 Å². The van der Waals surface area contributed by atoms with Crippen LogP contribution in [0.5, 0.6) is 5.75 Å². The molecular weight excluding hydrogens is 359 g/mol. The number of alkyl halides is 2. The highest BCUT2D eigenvalue weighted by atomic mass is 19.3. The van der Waals surface area contributed by atoms with E-state index in [-0.39, 0.29) is 18.1 Å². The lowest BCUT2D eigenvalue weighted by Gasteiger charge is -2.20. The van der Waals surface area contributed by atoms with Crippen LogP contribution in [0.1, 0.15) is 24.6 Å². The minimum Gasteiger partial charge on any atom is -0.435 e. The predicted molar refractivity (Wildman–Crippen MR) is 94.0 cm³/mol. The van der Waals surface area contributed by atoms with E-state index in [0.717, 1.165) is 17.5 Å². The number of hydrogen-bond acceptors (Lipinski definition) is 4. The summed E-state index contributed by atoms with van der Waals surface area (Å²) >= 11 is 0. The molecule has 0 bridgehead atoms. The lowest BCUT2D eigenvalue weighted by atomic mass is 10.1. The van der Waals surface area contributed by atoms with E-state index in [1.54, 1.807) is 25.3 Å². The van der Waals surface area contributed by atoms with Gasteiger partial charge in [0.25, 0.3) is 0 Å². The number of rotatable bonds is 6. The molecule has 1 aliphatic heterocycles. The second kappa shape index (κ2) is 8.11. The summed E-state index contributed by atoms with van der Waals surface area (Å²) in [6.07, 6.45) is 2.52. The van der Waals surface area contributed by atoms with Crippen molar-refractivity contribution in [1.29, 1.82) is 0 Å². The van der Waals surface area contributed by atoms with Gasteiger partial charge < -0.3 is 15.4 Å². The van der Waals surface area contributed by atoms with E-state index < -0.39 is 12.4 Å². The first kappa shape index (κ1) is 18.8. The molecule has 1 aliphatic rings. The Morgan fingerprint density at radius 3 is 2.89 bits per heavy atom. The lowest BCUT2D eigenvalue weighted by molar-refractivity contribution is -0.117. The molecule has 0 aliphatic carbocycles. The molecule has 1 aromatic carbocycles. The van der Waals surface area contributed by atoms with Gasteiger partial charge in [0.15, 0.2) is 0 Å². The number of aromatic nitrogens is 1. The van der Waals surface area contributed by atoms with E-state index in [2.05, 4.69) is 20.4 Å². The molecule has 8 heteroatoms.